The molecule has 2 heterocycles. The Morgan fingerprint density at radius 2 is 1.95 bits per heavy atom. The van der Waals surface area contributed by atoms with Gasteiger partial charge in [-0.2, -0.15) is 5.26 Å². The fraction of sp³-hybridized carbons (Fsp3) is 0.333. The summed E-state index contributed by atoms with van der Waals surface area (Å²) in [6, 6.07) is 13.6. The minimum absolute atomic E-state index is 0.0409. The number of nitrogens with zero attached hydrogens (tertiary/aromatic N) is 1. The maximum atomic E-state index is 16.1. The second kappa shape index (κ2) is 12.5. The Bertz CT molecular complexity index is 1510. The Morgan fingerprint density at radius 1 is 1.17 bits per heavy atom. The molecule has 1 saturated heterocycles. The maximum Gasteiger partial charge on any atom is 0.404 e. The maximum absolute atomic E-state index is 16.1. The number of carbonyl (C=O) groups is 1. The van der Waals surface area contributed by atoms with E-state index in [2.05, 4.69) is 5.32 Å². The van der Waals surface area contributed by atoms with Crippen molar-refractivity contribution in [3.05, 3.63) is 81.9 Å². The summed E-state index contributed by atoms with van der Waals surface area (Å²) in [5.41, 5.74) is -2.41. The highest BCUT2D eigenvalue weighted by molar-refractivity contribution is 6.34. The lowest BCUT2D eigenvalue weighted by molar-refractivity contribution is -0.165. The fourth-order valence-electron chi connectivity index (χ4n) is 5.26. The van der Waals surface area contributed by atoms with Crippen LogP contribution in [0.4, 0.5) is 13.6 Å². The molecule has 42 heavy (non-hydrogen) atoms. The summed E-state index contributed by atoms with van der Waals surface area (Å²) in [6.07, 6.45) is -0.720. The lowest BCUT2D eigenvalue weighted by Gasteiger charge is -2.32. The molecular weight excluding hydrogens is 574 g/mol. The Hall–Kier alpha value is -3.95. The largest absolute Gasteiger partial charge is 0.488 e. The number of nitrogens with one attached hydrogen (secondary N) is 1. The number of benzene rings is 3. The molecule has 2 aliphatic heterocycles. The van der Waals surface area contributed by atoms with E-state index in [-0.39, 0.29) is 47.7 Å². The molecular formula is C30H27ClF2N2O7. The van der Waals surface area contributed by atoms with Crippen LogP contribution in [0.5, 0.6) is 11.5 Å². The second-order valence-electron chi connectivity index (χ2n) is 9.81. The van der Waals surface area contributed by atoms with Gasteiger partial charge < -0.3 is 34.5 Å². The molecule has 1 fully saturated rings. The zero-order valence-corrected chi connectivity index (χ0v) is 23.0. The molecule has 0 saturated carbocycles. The molecule has 220 valence electrons. The normalized spacial score (nSPS) is 21.2. The molecule has 9 nitrogen and oxygen atoms in total. The summed E-state index contributed by atoms with van der Waals surface area (Å²) in [4.78, 5) is 11.4. The van der Waals surface area contributed by atoms with E-state index in [1.165, 1.54) is 12.1 Å². The topological polar surface area (TPSA) is 130 Å². The van der Waals surface area contributed by atoms with Crippen LogP contribution >= 0.6 is 11.6 Å². The average molecular weight is 601 g/mol. The number of amides is 1. The number of hydrogen-bond donors (Lipinski definition) is 3. The lowest BCUT2D eigenvalue weighted by atomic mass is 9.83. The van der Waals surface area contributed by atoms with Crippen LogP contribution in [0.3, 0.4) is 0 Å². The average Bonchev–Trinajstić information content (AvgIpc) is 3.28. The second-order valence-corrected chi connectivity index (χ2v) is 10.2. The first-order chi connectivity index (χ1) is 20.3. The summed E-state index contributed by atoms with van der Waals surface area (Å²) in [7, 11) is 0. The van der Waals surface area contributed by atoms with Gasteiger partial charge in [-0.3, -0.25) is 0 Å². The molecule has 3 aromatic carbocycles. The van der Waals surface area contributed by atoms with Gasteiger partial charge in [-0.25, -0.2) is 13.6 Å². The molecule has 1 amide bonds. The van der Waals surface area contributed by atoms with Crippen LogP contribution in [0.1, 0.15) is 42.1 Å². The van der Waals surface area contributed by atoms with Gasteiger partial charge in [-0.05, 0) is 31.4 Å². The highest BCUT2D eigenvalue weighted by atomic mass is 35.5. The number of halogens is 3. The third kappa shape index (κ3) is 5.58. The zero-order chi connectivity index (χ0) is 29.9. The van der Waals surface area contributed by atoms with Crippen molar-refractivity contribution >= 4 is 17.7 Å². The summed E-state index contributed by atoms with van der Waals surface area (Å²) < 4.78 is 54.2. The minimum atomic E-state index is -1.76. The molecule has 0 aromatic heterocycles. The molecule has 3 aromatic rings. The Balaban J connectivity index is 1.55. The van der Waals surface area contributed by atoms with Crippen LogP contribution in [-0.2, 0) is 15.1 Å². The van der Waals surface area contributed by atoms with Crippen LogP contribution in [0.15, 0.2) is 48.5 Å². The Kier molecular flexibility index (Phi) is 8.80. The van der Waals surface area contributed by atoms with Crippen molar-refractivity contribution in [2.75, 3.05) is 26.4 Å². The first-order valence-corrected chi connectivity index (χ1v) is 13.6. The van der Waals surface area contributed by atoms with Gasteiger partial charge in [0.2, 0.25) is 0 Å². The molecule has 3 N–H and O–H groups in total. The van der Waals surface area contributed by atoms with Crippen LogP contribution in [0.2, 0.25) is 5.02 Å². The quantitative estimate of drug-likeness (QED) is 0.268. The molecule has 3 atom stereocenters. The van der Waals surface area contributed by atoms with Crippen molar-refractivity contribution in [2.45, 2.75) is 37.3 Å². The Morgan fingerprint density at radius 3 is 2.64 bits per heavy atom. The lowest BCUT2D eigenvalue weighted by Crippen LogP contribution is -2.46. The zero-order valence-electron chi connectivity index (χ0n) is 22.2. The minimum Gasteiger partial charge on any atom is -0.488 e. The van der Waals surface area contributed by atoms with E-state index in [9.17, 15) is 20.3 Å². The van der Waals surface area contributed by atoms with Gasteiger partial charge in [0.05, 0.1) is 29.8 Å². The van der Waals surface area contributed by atoms with Crippen molar-refractivity contribution in [3.8, 4) is 28.7 Å². The molecule has 1 unspecified atom stereocenters. The molecule has 0 aliphatic carbocycles. The Labute approximate surface area is 245 Å². The summed E-state index contributed by atoms with van der Waals surface area (Å²) >= 11 is 6.41. The molecule has 2 aliphatic rings. The fourth-order valence-corrected chi connectivity index (χ4v) is 5.51. The molecule has 12 heteroatoms. The number of hydrogen-bond acceptors (Lipinski definition) is 7. The van der Waals surface area contributed by atoms with Crippen molar-refractivity contribution in [2.24, 2.45) is 0 Å². The predicted octanol–water partition coefficient (Wildman–Crippen LogP) is 5.67. The molecule has 0 bridgehead atoms. The standard InChI is InChI=1S/C30H27ClF2N2O7/c31-26-19(32)14-21-24(28(36)30(42-21,16-35-29(37)38)18-6-2-1-3-7-18)25(26)23-17(15-34)9-10-20(27(23)33)39-12-13-41-22-8-4-5-11-40-22/h1-3,6-7,9-10,14,22,28,35-36H,4-5,8,11-13,16H2,(H,37,38)/t22?,28-,30+/m0/s1. The van der Waals surface area contributed by atoms with Gasteiger partial charge in [-0.1, -0.05) is 41.9 Å². The van der Waals surface area contributed by atoms with Crippen LogP contribution in [0.25, 0.3) is 11.1 Å². The van der Waals surface area contributed by atoms with E-state index >= 15 is 8.78 Å². The number of fused-ring (bicyclic) bond motifs is 1. The van der Waals surface area contributed by atoms with Crippen molar-refractivity contribution in [3.63, 3.8) is 0 Å². The van der Waals surface area contributed by atoms with Gasteiger partial charge in [0, 0.05) is 34.9 Å². The molecule has 5 rings (SSSR count). The third-order valence-corrected chi connectivity index (χ3v) is 7.62. The predicted molar refractivity (Wildman–Crippen MR) is 146 cm³/mol. The van der Waals surface area contributed by atoms with Gasteiger partial charge in [0.15, 0.2) is 23.5 Å². The summed E-state index contributed by atoms with van der Waals surface area (Å²) in [5, 5.41) is 32.6. The van der Waals surface area contributed by atoms with Gasteiger partial charge in [0.25, 0.3) is 0 Å². The van der Waals surface area contributed by atoms with Gasteiger partial charge in [-0.15, -0.1) is 0 Å². The first kappa shape index (κ1) is 29.5. The van der Waals surface area contributed by atoms with Crippen LogP contribution in [0, 0.1) is 23.0 Å². The SMILES string of the molecule is N#Cc1ccc(OCCOC2CCCCO2)c(F)c1-c1c(Cl)c(F)cc2c1[C@H](O)[C@@](CNC(=O)O)(c1ccccc1)O2. The number of rotatable bonds is 9. The van der Waals surface area contributed by atoms with Gasteiger partial charge >= 0.3 is 6.09 Å². The van der Waals surface area contributed by atoms with E-state index in [0.717, 1.165) is 25.3 Å². The third-order valence-electron chi connectivity index (χ3n) is 7.25. The smallest absolute Gasteiger partial charge is 0.404 e. The monoisotopic (exact) mass is 600 g/mol. The molecule has 0 radical (unpaired) electrons. The van der Waals surface area contributed by atoms with Crippen molar-refractivity contribution in [1.29, 1.82) is 5.26 Å². The summed E-state index contributed by atoms with van der Waals surface area (Å²) in [6.45, 7) is 0.229. The highest BCUT2D eigenvalue weighted by Gasteiger charge is 2.52. The van der Waals surface area contributed by atoms with E-state index in [1.807, 2.05) is 6.07 Å². The van der Waals surface area contributed by atoms with E-state index in [4.69, 9.17) is 30.5 Å². The van der Waals surface area contributed by atoms with E-state index < -0.39 is 46.6 Å². The van der Waals surface area contributed by atoms with E-state index in [1.54, 1.807) is 30.3 Å². The molecule has 0 spiro atoms. The number of aliphatic hydroxyl groups excluding tert-OH is 1. The highest BCUT2D eigenvalue weighted by Crippen LogP contribution is 2.55. The van der Waals surface area contributed by atoms with Gasteiger partial charge in [0.1, 0.15) is 24.3 Å². The number of ether oxygens (including phenoxy) is 4. The van der Waals surface area contributed by atoms with Crippen LogP contribution < -0.4 is 14.8 Å². The van der Waals surface area contributed by atoms with Crippen molar-refractivity contribution in [1.82, 2.24) is 5.32 Å². The van der Waals surface area contributed by atoms with E-state index in [0.29, 0.717) is 12.2 Å². The summed E-state index contributed by atoms with van der Waals surface area (Å²) in [5.74, 6) is -2.44. The number of carboxylic acid groups (broad SMARTS) is 1. The van der Waals surface area contributed by atoms with Crippen LogP contribution in [-0.4, -0.2) is 49.0 Å². The van der Waals surface area contributed by atoms with Crippen molar-refractivity contribution < 1.29 is 42.7 Å². The number of nitriles is 1. The first-order valence-electron chi connectivity index (χ1n) is 13.3. The number of aliphatic hydroxyl groups is 1.